The second-order valence-electron chi connectivity index (χ2n) is 4.26. The highest BCUT2D eigenvalue weighted by atomic mass is 19.3. The standard InChI is InChI=1S/C12H15F2NO/c1-16-11-3-2-10(8-15-11)9-4-6-12(13,14)7-5-9/h2-3,8-9H,4-7H2,1H3. The van der Waals surface area contributed by atoms with Gasteiger partial charge in [0.25, 0.3) is 0 Å². The van der Waals surface area contributed by atoms with E-state index in [0.717, 1.165) is 5.56 Å². The Hall–Kier alpha value is -1.19. The van der Waals surface area contributed by atoms with Crippen molar-refractivity contribution >= 4 is 0 Å². The lowest BCUT2D eigenvalue weighted by Gasteiger charge is -2.28. The van der Waals surface area contributed by atoms with E-state index in [1.807, 2.05) is 6.07 Å². The van der Waals surface area contributed by atoms with Crippen LogP contribution < -0.4 is 4.74 Å². The third kappa shape index (κ3) is 2.49. The molecule has 1 aliphatic carbocycles. The number of nitrogens with zero attached hydrogens (tertiary/aromatic N) is 1. The number of hydrogen-bond acceptors (Lipinski definition) is 2. The van der Waals surface area contributed by atoms with Crippen LogP contribution in [0.15, 0.2) is 18.3 Å². The maximum absolute atomic E-state index is 13.0. The molecule has 0 N–H and O–H groups in total. The molecule has 88 valence electrons. The molecule has 16 heavy (non-hydrogen) atoms. The summed E-state index contributed by atoms with van der Waals surface area (Å²) in [6, 6.07) is 3.70. The van der Waals surface area contributed by atoms with Gasteiger partial charge in [0.05, 0.1) is 7.11 Å². The summed E-state index contributed by atoms with van der Waals surface area (Å²) in [6.07, 6.45) is 2.79. The van der Waals surface area contributed by atoms with Gasteiger partial charge < -0.3 is 4.74 Å². The van der Waals surface area contributed by atoms with Crippen LogP contribution in [0, 0.1) is 0 Å². The lowest BCUT2D eigenvalue weighted by molar-refractivity contribution is -0.0382. The first-order chi connectivity index (χ1) is 7.61. The number of halogens is 2. The van der Waals surface area contributed by atoms with E-state index in [1.54, 1.807) is 19.4 Å². The topological polar surface area (TPSA) is 22.1 Å². The van der Waals surface area contributed by atoms with Crippen molar-refractivity contribution in [3.05, 3.63) is 23.9 Å². The summed E-state index contributed by atoms with van der Waals surface area (Å²) < 4.78 is 30.9. The second-order valence-corrected chi connectivity index (χ2v) is 4.26. The Morgan fingerprint density at radius 2 is 2.00 bits per heavy atom. The van der Waals surface area contributed by atoms with Gasteiger partial charge in [-0.15, -0.1) is 0 Å². The molecule has 0 atom stereocenters. The molecule has 0 radical (unpaired) electrons. The van der Waals surface area contributed by atoms with Crippen molar-refractivity contribution in [3.8, 4) is 5.88 Å². The zero-order valence-electron chi connectivity index (χ0n) is 9.25. The first kappa shape index (κ1) is 11.3. The monoisotopic (exact) mass is 227 g/mol. The van der Waals surface area contributed by atoms with Gasteiger partial charge in [0.2, 0.25) is 11.8 Å². The summed E-state index contributed by atoms with van der Waals surface area (Å²) in [5.74, 6) is -1.68. The molecule has 0 saturated heterocycles. The van der Waals surface area contributed by atoms with Crippen molar-refractivity contribution in [2.24, 2.45) is 0 Å². The molecule has 0 aliphatic heterocycles. The number of methoxy groups -OCH3 is 1. The van der Waals surface area contributed by atoms with Crippen LogP contribution in [-0.2, 0) is 0 Å². The molecule has 1 aromatic heterocycles. The molecule has 1 aromatic rings. The van der Waals surface area contributed by atoms with Crippen LogP contribution in [0.3, 0.4) is 0 Å². The Morgan fingerprint density at radius 3 is 2.50 bits per heavy atom. The van der Waals surface area contributed by atoms with E-state index < -0.39 is 5.92 Å². The quantitative estimate of drug-likeness (QED) is 0.772. The zero-order chi connectivity index (χ0) is 11.6. The van der Waals surface area contributed by atoms with E-state index in [2.05, 4.69) is 4.98 Å². The molecule has 0 bridgehead atoms. The fourth-order valence-electron chi connectivity index (χ4n) is 2.13. The Balaban J connectivity index is 2.03. The van der Waals surface area contributed by atoms with Gasteiger partial charge in [-0.05, 0) is 24.3 Å². The highest BCUT2D eigenvalue weighted by Crippen LogP contribution is 2.40. The van der Waals surface area contributed by atoms with Gasteiger partial charge in [-0.1, -0.05) is 6.07 Å². The molecular weight excluding hydrogens is 212 g/mol. The molecule has 1 saturated carbocycles. The van der Waals surface area contributed by atoms with Gasteiger partial charge in [0.1, 0.15) is 0 Å². The van der Waals surface area contributed by atoms with Gasteiger partial charge in [-0.3, -0.25) is 0 Å². The molecule has 1 aliphatic rings. The van der Waals surface area contributed by atoms with E-state index in [-0.39, 0.29) is 18.8 Å². The van der Waals surface area contributed by atoms with Gasteiger partial charge in [-0.2, -0.15) is 0 Å². The van der Waals surface area contributed by atoms with Crippen LogP contribution in [-0.4, -0.2) is 18.0 Å². The van der Waals surface area contributed by atoms with E-state index in [1.165, 1.54) is 0 Å². The zero-order valence-corrected chi connectivity index (χ0v) is 9.25. The van der Waals surface area contributed by atoms with Gasteiger partial charge in [-0.25, -0.2) is 13.8 Å². The third-order valence-electron chi connectivity index (χ3n) is 3.16. The molecule has 0 unspecified atom stereocenters. The van der Waals surface area contributed by atoms with Crippen molar-refractivity contribution in [2.75, 3.05) is 7.11 Å². The molecule has 2 rings (SSSR count). The Kier molecular flexibility index (Phi) is 3.08. The van der Waals surface area contributed by atoms with Crippen LogP contribution in [0.5, 0.6) is 5.88 Å². The average molecular weight is 227 g/mol. The number of hydrogen-bond donors (Lipinski definition) is 0. The number of rotatable bonds is 2. The van der Waals surface area contributed by atoms with E-state index in [4.69, 9.17) is 4.74 Å². The number of ether oxygens (including phenoxy) is 1. The summed E-state index contributed by atoms with van der Waals surface area (Å²) in [6.45, 7) is 0. The molecular formula is C12H15F2NO. The molecule has 2 nitrogen and oxygen atoms in total. The maximum Gasteiger partial charge on any atom is 0.248 e. The van der Waals surface area contributed by atoms with Crippen LogP contribution in [0.4, 0.5) is 8.78 Å². The summed E-state index contributed by atoms with van der Waals surface area (Å²) in [4.78, 5) is 4.10. The second kappa shape index (κ2) is 4.36. The van der Waals surface area contributed by atoms with E-state index >= 15 is 0 Å². The number of pyridine rings is 1. The number of alkyl halides is 2. The normalized spacial score (nSPS) is 20.7. The minimum atomic E-state index is -2.46. The van der Waals surface area contributed by atoms with Crippen molar-refractivity contribution in [2.45, 2.75) is 37.5 Å². The molecule has 0 aromatic carbocycles. The lowest BCUT2D eigenvalue weighted by Crippen LogP contribution is -2.23. The van der Waals surface area contributed by atoms with Crippen LogP contribution in [0.1, 0.15) is 37.2 Å². The van der Waals surface area contributed by atoms with Gasteiger partial charge >= 0.3 is 0 Å². The van der Waals surface area contributed by atoms with E-state index in [0.29, 0.717) is 18.7 Å². The predicted molar refractivity (Wildman–Crippen MR) is 56.9 cm³/mol. The Morgan fingerprint density at radius 1 is 1.31 bits per heavy atom. The maximum atomic E-state index is 13.0. The van der Waals surface area contributed by atoms with Crippen LogP contribution >= 0.6 is 0 Å². The van der Waals surface area contributed by atoms with Crippen molar-refractivity contribution in [1.29, 1.82) is 0 Å². The van der Waals surface area contributed by atoms with Crippen molar-refractivity contribution in [3.63, 3.8) is 0 Å². The first-order valence-corrected chi connectivity index (χ1v) is 5.48. The van der Waals surface area contributed by atoms with Gasteiger partial charge in [0.15, 0.2) is 0 Å². The smallest absolute Gasteiger partial charge is 0.248 e. The van der Waals surface area contributed by atoms with Crippen molar-refractivity contribution < 1.29 is 13.5 Å². The minimum Gasteiger partial charge on any atom is -0.481 e. The SMILES string of the molecule is COc1ccc(C2CCC(F)(F)CC2)cn1. The molecule has 0 amide bonds. The lowest BCUT2D eigenvalue weighted by atomic mass is 9.83. The first-order valence-electron chi connectivity index (χ1n) is 5.48. The largest absolute Gasteiger partial charge is 0.481 e. The van der Waals surface area contributed by atoms with Crippen LogP contribution in [0.25, 0.3) is 0 Å². The molecule has 4 heteroatoms. The minimum absolute atomic E-state index is 0.0102. The average Bonchev–Trinajstić information content (AvgIpc) is 2.29. The number of aromatic nitrogens is 1. The predicted octanol–water partition coefficient (Wildman–Crippen LogP) is 3.38. The van der Waals surface area contributed by atoms with E-state index in [9.17, 15) is 8.78 Å². The summed E-state index contributed by atoms with van der Waals surface area (Å²) >= 11 is 0. The molecule has 1 heterocycles. The van der Waals surface area contributed by atoms with Crippen molar-refractivity contribution in [1.82, 2.24) is 4.98 Å². The van der Waals surface area contributed by atoms with Crippen LogP contribution in [0.2, 0.25) is 0 Å². The summed E-state index contributed by atoms with van der Waals surface area (Å²) in [5, 5.41) is 0. The third-order valence-corrected chi connectivity index (χ3v) is 3.16. The fourth-order valence-corrected chi connectivity index (χ4v) is 2.13. The molecule has 0 spiro atoms. The highest BCUT2D eigenvalue weighted by Gasteiger charge is 2.35. The summed E-state index contributed by atoms with van der Waals surface area (Å²) in [7, 11) is 1.56. The Bertz CT molecular complexity index is 341. The highest BCUT2D eigenvalue weighted by molar-refractivity contribution is 5.21. The Labute approximate surface area is 93.6 Å². The molecule has 1 fully saturated rings. The fraction of sp³-hybridized carbons (Fsp3) is 0.583. The summed E-state index contributed by atoms with van der Waals surface area (Å²) in [5.41, 5.74) is 1.04. The van der Waals surface area contributed by atoms with Gasteiger partial charge in [0, 0.05) is 25.1 Å².